The van der Waals surface area contributed by atoms with Crippen molar-refractivity contribution >= 4 is 43.8 Å². The lowest BCUT2D eigenvalue weighted by Gasteiger charge is -2.21. The number of halogens is 3. The number of rotatable bonds is 11. The van der Waals surface area contributed by atoms with Crippen LogP contribution in [0.5, 0.6) is 0 Å². The molecule has 2 rings (SSSR count). The third-order valence-corrected chi connectivity index (χ3v) is 6.91. The van der Waals surface area contributed by atoms with Crippen LogP contribution >= 0.6 is 22.9 Å². The molecule has 162 valence electrons. The van der Waals surface area contributed by atoms with Crippen LogP contribution < -0.4 is 15.8 Å². The highest BCUT2D eigenvalue weighted by Crippen LogP contribution is 2.30. The van der Waals surface area contributed by atoms with Crippen molar-refractivity contribution in [2.75, 3.05) is 23.1 Å². The highest BCUT2D eigenvalue weighted by Gasteiger charge is 2.23. The Balaban J connectivity index is 1.95. The Bertz CT molecular complexity index is 936. The highest BCUT2D eigenvalue weighted by molar-refractivity contribution is 7.93. The topological polar surface area (TPSA) is 97.1 Å². The van der Waals surface area contributed by atoms with Crippen LogP contribution in [0.4, 0.5) is 19.6 Å². The smallest absolute Gasteiger partial charge is 0.266 e. The summed E-state index contributed by atoms with van der Waals surface area (Å²) >= 11 is 6.62. The molecule has 0 saturated heterocycles. The van der Waals surface area contributed by atoms with Gasteiger partial charge in [0.15, 0.2) is 10.3 Å². The summed E-state index contributed by atoms with van der Waals surface area (Å²) in [7, 11) is -4.29. The average molecular weight is 467 g/mol. The lowest BCUT2D eigenvalue weighted by Crippen LogP contribution is -2.23. The number of sulfonamides is 1. The lowest BCUT2D eigenvalue weighted by atomic mass is 9.87. The van der Waals surface area contributed by atoms with Crippen LogP contribution in [-0.2, 0) is 10.0 Å². The van der Waals surface area contributed by atoms with Crippen molar-refractivity contribution in [2.45, 2.75) is 44.4 Å². The van der Waals surface area contributed by atoms with Gasteiger partial charge >= 0.3 is 0 Å². The van der Waals surface area contributed by atoms with Crippen LogP contribution in [0.2, 0.25) is 5.02 Å². The second-order valence-corrected chi connectivity index (χ2v) is 10.5. The summed E-state index contributed by atoms with van der Waals surface area (Å²) in [5.74, 6) is -0.967. The molecule has 1 heterocycles. The SMILES string of the molecule is CC(C)(CN)CCCCCNc1cc(F)c(S(=O)(=O)Nc2ncc(F)s2)cc1Cl. The average Bonchev–Trinajstić information content (AvgIpc) is 3.04. The molecule has 0 saturated carbocycles. The fourth-order valence-corrected chi connectivity index (χ4v) is 4.74. The maximum atomic E-state index is 14.4. The molecule has 1 aromatic carbocycles. The number of unbranched alkanes of at least 4 members (excludes halogenated alkanes) is 2. The van der Waals surface area contributed by atoms with Crippen molar-refractivity contribution in [3.05, 3.63) is 34.3 Å². The first kappa shape index (κ1) is 23.8. The van der Waals surface area contributed by atoms with Crippen LogP contribution in [0.15, 0.2) is 23.2 Å². The predicted octanol–water partition coefficient (Wildman–Crippen LogP) is 4.83. The molecule has 0 radical (unpaired) electrons. The number of nitrogens with zero attached hydrogens (tertiary/aromatic N) is 1. The molecule has 4 N–H and O–H groups in total. The van der Waals surface area contributed by atoms with Gasteiger partial charge in [0.05, 0.1) is 16.9 Å². The monoisotopic (exact) mass is 466 g/mol. The zero-order valence-corrected chi connectivity index (χ0v) is 18.7. The second kappa shape index (κ2) is 10.0. The van der Waals surface area contributed by atoms with E-state index < -0.39 is 25.9 Å². The highest BCUT2D eigenvalue weighted by atomic mass is 35.5. The van der Waals surface area contributed by atoms with E-state index in [4.69, 9.17) is 17.3 Å². The van der Waals surface area contributed by atoms with E-state index in [9.17, 15) is 17.2 Å². The molecular formula is C18H25ClF2N4O2S2. The van der Waals surface area contributed by atoms with Crippen LogP contribution in [0.1, 0.15) is 39.5 Å². The van der Waals surface area contributed by atoms with Gasteiger partial charge in [0.2, 0.25) is 0 Å². The Labute approximate surface area is 178 Å². The summed E-state index contributed by atoms with van der Waals surface area (Å²) < 4.78 is 54.1. The summed E-state index contributed by atoms with van der Waals surface area (Å²) in [4.78, 5) is 2.93. The Kier molecular flexibility index (Phi) is 8.21. The summed E-state index contributed by atoms with van der Waals surface area (Å²) in [6.07, 6.45) is 4.78. The minimum absolute atomic E-state index is 0.0707. The molecule has 0 aliphatic carbocycles. The van der Waals surface area contributed by atoms with Gasteiger partial charge in [0.25, 0.3) is 10.0 Å². The number of anilines is 2. The fraction of sp³-hybridized carbons (Fsp3) is 0.500. The summed E-state index contributed by atoms with van der Waals surface area (Å²) in [6, 6.07) is 2.06. The molecule has 0 aliphatic rings. The number of aromatic nitrogens is 1. The van der Waals surface area contributed by atoms with Crippen molar-refractivity contribution in [1.82, 2.24) is 4.98 Å². The molecule has 0 amide bonds. The molecule has 6 nitrogen and oxygen atoms in total. The number of nitrogens with one attached hydrogen (secondary N) is 2. The predicted molar refractivity (Wildman–Crippen MR) is 114 cm³/mol. The molecule has 0 unspecified atom stereocenters. The van der Waals surface area contributed by atoms with Gasteiger partial charge in [-0.05, 0) is 36.9 Å². The first-order valence-electron chi connectivity index (χ1n) is 9.11. The first-order valence-corrected chi connectivity index (χ1v) is 11.8. The summed E-state index contributed by atoms with van der Waals surface area (Å²) in [6.45, 7) is 5.47. The zero-order valence-electron chi connectivity index (χ0n) is 16.3. The molecular weight excluding hydrogens is 442 g/mol. The van der Waals surface area contributed by atoms with Gasteiger partial charge in [-0.2, -0.15) is 4.39 Å². The fourth-order valence-electron chi connectivity index (χ4n) is 2.57. The second-order valence-electron chi connectivity index (χ2n) is 7.44. The molecule has 0 atom stereocenters. The van der Waals surface area contributed by atoms with Crippen LogP contribution in [-0.4, -0.2) is 26.5 Å². The van der Waals surface area contributed by atoms with Crippen LogP contribution in [0, 0.1) is 16.4 Å². The maximum absolute atomic E-state index is 14.4. The third kappa shape index (κ3) is 7.06. The Morgan fingerprint density at radius 3 is 2.59 bits per heavy atom. The third-order valence-electron chi connectivity index (χ3n) is 4.41. The largest absolute Gasteiger partial charge is 0.384 e. The molecule has 0 spiro atoms. The van der Waals surface area contributed by atoms with Gasteiger partial charge < -0.3 is 11.1 Å². The number of nitrogens with two attached hydrogens (primary N) is 1. The molecule has 0 bridgehead atoms. The van der Waals surface area contributed by atoms with E-state index in [1.807, 2.05) is 4.72 Å². The van der Waals surface area contributed by atoms with Gasteiger partial charge in [-0.3, -0.25) is 4.72 Å². The summed E-state index contributed by atoms with van der Waals surface area (Å²) in [5, 5.41) is 2.24. The van der Waals surface area contributed by atoms with Gasteiger partial charge in [0.1, 0.15) is 10.7 Å². The number of thiazole rings is 1. The zero-order chi connectivity index (χ0) is 21.7. The number of hydrogen-bond donors (Lipinski definition) is 3. The van der Waals surface area contributed by atoms with E-state index in [0.29, 0.717) is 30.1 Å². The van der Waals surface area contributed by atoms with Crippen molar-refractivity contribution in [2.24, 2.45) is 11.1 Å². The van der Waals surface area contributed by atoms with Crippen molar-refractivity contribution in [1.29, 1.82) is 0 Å². The normalized spacial score (nSPS) is 12.2. The van der Waals surface area contributed by atoms with Gasteiger partial charge in [-0.25, -0.2) is 17.8 Å². The lowest BCUT2D eigenvalue weighted by molar-refractivity contribution is 0.332. The molecule has 11 heteroatoms. The Hall–Kier alpha value is -1.49. The Morgan fingerprint density at radius 2 is 1.97 bits per heavy atom. The van der Waals surface area contributed by atoms with E-state index in [-0.39, 0.29) is 15.6 Å². The molecule has 1 aromatic heterocycles. The van der Waals surface area contributed by atoms with Gasteiger partial charge in [-0.1, -0.05) is 49.6 Å². The van der Waals surface area contributed by atoms with E-state index >= 15 is 0 Å². The van der Waals surface area contributed by atoms with Crippen molar-refractivity contribution in [3.8, 4) is 0 Å². The van der Waals surface area contributed by atoms with E-state index in [1.54, 1.807) is 0 Å². The minimum Gasteiger partial charge on any atom is -0.384 e. The van der Waals surface area contributed by atoms with Crippen molar-refractivity contribution in [3.63, 3.8) is 0 Å². The number of hydrogen-bond acceptors (Lipinski definition) is 6. The molecule has 0 aliphatic heterocycles. The standard InChI is InChI=1S/C18H25ClF2N4O2S2/c1-18(2,11-22)6-4-3-5-7-23-14-9-13(20)15(8-12(14)19)29(26,27)25-17-24-10-16(21)28-17/h8-10,23H,3-7,11,22H2,1-2H3,(H,24,25). The van der Waals surface area contributed by atoms with E-state index in [2.05, 4.69) is 24.1 Å². The van der Waals surface area contributed by atoms with Crippen LogP contribution in [0.3, 0.4) is 0 Å². The quantitative estimate of drug-likeness (QED) is 0.412. The van der Waals surface area contributed by atoms with E-state index in [0.717, 1.165) is 44.0 Å². The Morgan fingerprint density at radius 1 is 1.24 bits per heavy atom. The molecule has 29 heavy (non-hydrogen) atoms. The molecule has 2 aromatic rings. The van der Waals surface area contributed by atoms with E-state index in [1.165, 1.54) is 0 Å². The first-order chi connectivity index (χ1) is 13.5. The van der Waals surface area contributed by atoms with Gasteiger partial charge in [0, 0.05) is 6.54 Å². The summed E-state index contributed by atoms with van der Waals surface area (Å²) in [5.41, 5.74) is 6.15. The van der Waals surface area contributed by atoms with Gasteiger partial charge in [-0.15, -0.1) is 0 Å². The van der Waals surface area contributed by atoms with Crippen LogP contribution in [0.25, 0.3) is 0 Å². The van der Waals surface area contributed by atoms with Crippen molar-refractivity contribution < 1.29 is 17.2 Å². The number of benzene rings is 1. The molecule has 0 fully saturated rings. The minimum atomic E-state index is -4.29. The maximum Gasteiger partial charge on any atom is 0.266 e.